The van der Waals surface area contributed by atoms with Crippen LogP contribution in [0.5, 0.6) is 0 Å². The van der Waals surface area contributed by atoms with Crippen LogP contribution in [0.15, 0.2) is 41.3 Å². The van der Waals surface area contributed by atoms with Gasteiger partial charge in [0.25, 0.3) is 0 Å². The Morgan fingerprint density at radius 1 is 1.39 bits per heavy atom. The Labute approximate surface area is 141 Å². The van der Waals surface area contributed by atoms with E-state index in [9.17, 15) is 4.79 Å². The van der Waals surface area contributed by atoms with Gasteiger partial charge in [-0.2, -0.15) is 0 Å². The molecule has 0 aliphatic carbocycles. The number of esters is 1. The summed E-state index contributed by atoms with van der Waals surface area (Å²) in [4.78, 5) is 20.8. The highest BCUT2D eigenvalue weighted by molar-refractivity contribution is 9.10. The van der Waals surface area contributed by atoms with Gasteiger partial charge in [-0.25, -0.2) is 14.8 Å². The SMILES string of the molecule is CCOC(=O)c1cnc(Nc2cccc(Br)c2)c2ncn(C)c12. The van der Waals surface area contributed by atoms with Crippen LogP contribution in [0.25, 0.3) is 11.0 Å². The van der Waals surface area contributed by atoms with Gasteiger partial charge in [0, 0.05) is 23.4 Å². The minimum absolute atomic E-state index is 0.316. The Morgan fingerprint density at radius 3 is 2.96 bits per heavy atom. The number of benzene rings is 1. The lowest BCUT2D eigenvalue weighted by molar-refractivity contribution is 0.0528. The summed E-state index contributed by atoms with van der Waals surface area (Å²) in [5.74, 6) is 0.189. The van der Waals surface area contributed by atoms with Crippen molar-refractivity contribution in [2.75, 3.05) is 11.9 Å². The molecule has 0 unspecified atom stereocenters. The number of nitrogens with one attached hydrogen (secondary N) is 1. The van der Waals surface area contributed by atoms with E-state index in [1.54, 1.807) is 17.8 Å². The molecule has 0 saturated heterocycles. The van der Waals surface area contributed by atoms with E-state index in [0.29, 0.717) is 29.0 Å². The molecular weight excluding hydrogens is 360 g/mol. The van der Waals surface area contributed by atoms with E-state index in [2.05, 4.69) is 31.2 Å². The van der Waals surface area contributed by atoms with Crippen molar-refractivity contribution in [1.82, 2.24) is 14.5 Å². The van der Waals surface area contributed by atoms with Gasteiger partial charge in [0.15, 0.2) is 5.82 Å². The number of fused-ring (bicyclic) bond motifs is 1. The average molecular weight is 375 g/mol. The summed E-state index contributed by atoms with van der Waals surface area (Å²) in [7, 11) is 1.83. The lowest BCUT2D eigenvalue weighted by atomic mass is 10.2. The fourth-order valence-corrected chi connectivity index (χ4v) is 2.72. The standard InChI is InChI=1S/C16H15BrN4O2/c1-3-23-16(22)12-8-18-15(13-14(12)21(2)9-19-13)20-11-6-4-5-10(17)7-11/h4-9H,3H2,1-2H3,(H,18,20). The predicted octanol–water partition coefficient (Wildman–Crippen LogP) is 3.65. The number of anilines is 2. The molecule has 0 fully saturated rings. The number of carbonyl (C=O) groups excluding carboxylic acids is 1. The van der Waals surface area contributed by atoms with Gasteiger partial charge >= 0.3 is 5.97 Å². The molecule has 0 saturated carbocycles. The van der Waals surface area contributed by atoms with E-state index in [1.165, 1.54) is 6.20 Å². The van der Waals surface area contributed by atoms with Crippen LogP contribution in [-0.2, 0) is 11.8 Å². The van der Waals surface area contributed by atoms with Gasteiger partial charge in [0.1, 0.15) is 11.1 Å². The van der Waals surface area contributed by atoms with Crippen molar-refractivity contribution >= 4 is 44.4 Å². The highest BCUT2D eigenvalue weighted by Crippen LogP contribution is 2.27. The second kappa shape index (κ2) is 6.37. The predicted molar refractivity (Wildman–Crippen MR) is 91.9 cm³/mol. The Hall–Kier alpha value is -2.41. The molecule has 3 rings (SSSR count). The van der Waals surface area contributed by atoms with Crippen molar-refractivity contribution in [3.63, 3.8) is 0 Å². The number of imidazole rings is 1. The third kappa shape index (κ3) is 3.05. The fourth-order valence-electron chi connectivity index (χ4n) is 2.33. The molecule has 7 heteroatoms. The van der Waals surface area contributed by atoms with E-state index in [0.717, 1.165) is 10.2 Å². The summed E-state index contributed by atoms with van der Waals surface area (Å²) >= 11 is 3.44. The number of hydrogen-bond acceptors (Lipinski definition) is 5. The maximum atomic E-state index is 12.1. The summed E-state index contributed by atoms with van der Waals surface area (Å²) < 4.78 is 7.84. The van der Waals surface area contributed by atoms with Gasteiger partial charge in [0.2, 0.25) is 0 Å². The molecule has 1 N–H and O–H groups in total. The molecular formula is C16H15BrN4O2. The van der Waals surface area contributed by atoms with Crippen LogP contribution < -0.4 is 5.32 Å². The number of carbonyl (C=O) groups is 1. The van der Waals surface area contributed by atoms with Crippen molar-refractivity contribution in [3.8, 4) is 0 Å². The molecule has 0 bridgehead atoms. The van der Waals surface area contributed by atoms with Crippen molar-refractivity contribution in [1.29, 1.82) is 0 Å². The lowest BCUT2D eigenvalue weighted by Gasteiger charge is -2.09. The van der Waals surface area contributed by atoms with Crippen molar-refractivity contribution in [3.05, 3.63) is 46.8 Å². The monoisotopic (exact) mass is 374 g/mol. The topological polar surface area (TPSA) is 69.0 Å². The Bertz CT molecular complexity index is 876. The Morgan fingerprint density at radius 2 is 2.22 bits per heavy atom. The lowest BCUT2D eigenvalue weighted by Crippen LogP contribution is -2.08. The first-order valence-electron chi connectivity index (χ1n) is 7.10. The first-order valence-corrected chi connectivity index (χ1v) is 7.89. The number of pyridine rings is 1. The van der Waals surface area contributed by atoms with Crippen LogP contribution in [0.4, 0.5) is 11.5 Å². The molecule has 0 radical (unpaired) electrons. The normalized spacial score (nSPS) is 10.7. The highest BCUT2D eigenvalue weighted by atomic mass is 79.9. The number of halogens is 1. The van der Waals surface area contributed by atoms with Crippen LogP contribution in [0.2, 0.25) is 0 Å². The van der Waals surface area contributed by atoms with Crippen molar-refractivity contribution in [2.24, 2.45) is 7.05 Å². The zero-order chi connectivity index (χ0) is 16.4. The highest BCUT2D eigenvalue weighted by Gasteiger charge is 2.18. The number of ether oxygens (including phenoxy) is 1. The van der Waals surface area contributed by atoms with E-state index >= 15 is 0 Å². The van der Waals surface area contributed by atoms with Gasteiger partial charge < -0.3 is 14.6 Å². The zero-order valence-electron chi connectivity index (χ0n) is 12.7. The van der Waals surface area contributed by atoms with Gasteiger partial charge in [-0.3, -0.25) is 0 Å². The van der Waals surface area contributed by atoms with Gasteiger partial charge in [-0.1, -0.05) is 22.0 Å². The number of nitrogens with zero attached hydrogens (tertiary/aromatic N) is 3. The van der Waals surface area contributed by atoms with E-state index in [4.69, 9.17) is 4.74 Å². The molecule has 3 aromatic rings. The van der Waals surface area contributed by atoms with Crippen molar-refractivity contribution < 1.29 is 9.53 Å². The molecule has 0 aliphatic heterocycles. The third-order valence-electron chi connectivity index (χ3n) is 3.32. The minimum atomic E-state index is -0.400. The Balaban J connectivity index is 2.06. The van der Waals surface area contributed by atoms with Crippen LogP contribution in [0.1, 0.15) is 17.3 Å². The van der Waals surface area contributed by atoms with E-state index in [1.807, 2.05) is 31.3 Å². The molecule has 6 nitrogen and oxygen atoms in total. The summed E-state index contributed by atoms with van der Waals surface area (Å²) in [5, 5.41) is 3.23. The summed E-state index contributed by atoms with van der Waals surface area (Å²) in [6.45, 7) is 2.09. The van der Waals surface area contributed by atoms with E-state index in [-0.39, 0.29) is 0 Å². The fraction of sp³-hybridized carbons (Fsp3) is 0.188. The minimum Gasteiger partial charge on any atom is -0.462 e. The molecule has 1 aromatic carbocycles. The van der Waals surface area contributed by atoms with Gasteiger partial charge in [-0.05, 0) is 25.1 Å². The smallest absolute Gasteiger partial charge is 0.341 e. The molecule has 23 heavy (non-hydrogen) atoms. The number of rotatable bonds is 4. The van der Waals surface area contributed by atoms with E-state index < -0.39 is 5.97 Å². The van der Waals surface area contributed by atoms with Gasteiger partial charge in [0.05, 0.1) is 18.5 Å². The molecule has 0 atom stereocenters. The second-order valence-corrected chi connectivity index (χ2v) is 5.84. The molecule has 0 aliphatic rings. The molecule has 118 valence electrons. The summed E-state index contributed by atoms with van der Waals surface area (Å²) in [6, 6.07) is 7.74. The number of aryl methyl sites for hydroxylation is 1. The maximum absolute atomic E-state index is 12.1. The second-order valence-electron chi connectivity index (χ2n) is 4.93. The van der Waals surface area contributed by atoms with Crippen LogP contribution in [0, 0.1) is 0 Å². The quantitative estimate of drug-likeness (QED) is 0.705. The largest absolute Gasteiger partial charge is 0.462 e. The maximum Gasteiger partial charge on any atom is 0.341 e. The Kier molecular flexibility index (Phi) is 4.29. The molecule has 2 heterocycles. The zero-order valence-corrected chi connectivity index (χ0v) is 14.3. The van der Waals surface area contributed by atoms with Crippen LogP contribution in [-0.4, -0.2) is 27.1 Å². The molecule has 0 amide bonds. The summed E-state index contributed by atoms with van der Waals surface area (Å²) in [5.41, 5.74) is 2.60. The van der Waals surface area contributed by atoms with Crippen LogP contribution in [0.3, 0.4) is 0 Å². The first kappa shape index (κ1) is 15.5. The third-order valence-corrected chi connectivity index (χ3v) is 3.82. The first-order chi connectivity index (χ1) is 11.1. The number of hydrogen-bond donors (Lipinski definition) is 1. The van der Waals surface area contributed by atoms with Crippen LogP contribution >= 0.6 is 15.9 Å². The van der Waals surface area contributed by atoms with Gasteiger partial charge in [-0.15, -0.1) is 0 Å². The van der Waals surface area contributed by atoms with Crippen molar-refractivity contribution in [2.45, 2.75) is 6.92 Å². The summed E-state index contributed by atoms with van der Waals surface area (Å²) in [6.07, 6.45) is 3.17. The molecule has 2 aromatic heterocycles. The number of aromatic nitrogens is 3. The molecule has 0 spiro atoms. The average Bonchev–Trinajstić information content (AvgIpc) is 2.91.